The van der Waals surface area contributed by atoms with Crippen molar-refractivity contribution >= 4 is 5.91 Å². The first-order chi connectivity index (χ1) is 11.2. The molecular weight excluding hydrogens is 288 g/mol. The van der Waals surface area contributed by atoms with Gasteiger partial charge in [0.1, 0.15) is 5.75 Å². The topological polar surface area (TPSA) is 78.3 Å². The fourth-order valence-electron chi connectivity index (χ4n) is 2.42. The average Bonchev–Trinajstić information content (AvgIpc) is 2.58. The SMILES string of the molecule is NCC(Cc1ccc(OCCCc2ccccc2)cc1)C(N)=O. The Balaban J connectivity index is 1.75. The van der Waals surface area contributed by atoms with Crippen molar-refractivity contribution in [3.8, 4) is 5.75 Å². The number of benzene rings is 2. The predicted octanol–water partition coefficient (Wildman–Crippen LogP) is 2.30. The van der Waals surface area contributed by atoms with E-state index in [0.717, 1.165) is 24.2 Å². The van der Waals surface area contributed by atoms with Crippen LogP contribution in [0.3, 0.4) is 0 Å². The van der Waals surface area contributed by atoms with Gasteiger partial charge in [-0.05, 0) is 42.5 Å². The van der Waals surface area contributed by atoms with Crippen molar-refractivity contribution in [2.75, 3.05) is 13.2 Å². The van der Waals surface area contributed by atoms with Gasteiger partial charge in [0.2, 0.25) is 5.91 Å². The first kappa shape index (κ1) is 17.0. The molecule has 0 saturated carbocycles. The highest BCUT2D eigenvalue weighted by Gasteiger charge is 2.13. The number of hydrogen-bond acceptors (Lipinski definition) is 3. The fourth-order valence-corrected chi connectivity index (χ4v) is 2.42. The Kier molecular flexibility index (Phi) is 6.63. The zero-order chi connectivity index (χ0) is 16.5. The molecule has 0 aliphatic rings. The maximum atomic E-state index is 11.2. The molecule has 0 heterocycles. The van der Waals surface area contributed by atoms with Crippen molar-refractivity contribution in [3.63, 3.8) is 0 Å². The number of primary amides is 1. The van der Waals surface area contributed by atoms with Crippen LogP contribution in [0, 0.1) is 5.92 Å². The number of rotatable bonds is 9. The molecule has 0 spiro atoms. The monoisotopic (exact) mass is 312 g/mol. The lowest BCUT2D eigenvalue weighted by Gasteiger charge is -2.11. The smallest absolute Gasteiger partial charge is 0.222 e. The number of aryl methyl sites for hydroxylation is 1. The minimum atomic E-state index is -0.353. The average molecular weight is 312 g/mol. The molecule has 0 aliphatic heterocycles. The van der Waals surface area contributed by atoms with Gasteiger partial charge in [-0.15, -0.1) is 0 Å². The molecule has 2 rings (SSSR count). The highest BCUT2D eigenvalue weighted by molar-refractivity contribution is 5.77. The van der Waals surface area contributed by atoms with Crippen LogP contribution in [0.1, 0.15) is 17.5 Å². The summed E-state index contributed by atoms with van der Waals surface area (Å²) in [5, 5.41) is 0. The van der Waals surface area contributed by atoms with Crippen molar-refractivity contribution in [1.82, 2.24) is 0 Å². The third-order valence-electron chi connectivity index (χ3n) is 3.81. The van der Waals surface area contributed by atoms with E-state index in [1.165, 1.54) is 5.56 Å². The number of carbonyl (C=O) groups excluding carboxylic acids is 1. The minimum absolute atomic E-state index is 0.271. The van der Waals surface area contributed by atoms with Crippen molar-refractivity contribution in [1.29, 1.82) is 0 Å². The third kappa shape index (κ3) is 5.75. The molecule has 1 amide bonds. The van der Waals surface area contributed by atoms with Gasteiger partial charge >= 0.3 is 0 Å². The Bertz CT molecular complexity index is 597. The van der Waals surface area contributed by atoms with Crippen LogP contribution < -0.4 is 16.2 Å². The molecule has 0 aromatic heterocycles. The van der Waals surface area contributed by atoms with Crippen molar-refractivity contribution in [2.24, 2.45) is 17.4 Å². The van der Waals surface area contributed by atoms with Crippen molar-refractivity contribution in [2.45, 2.75) is 19.3 Å². The number of nitrogens with two attached hydrogens (primary N) is 2. The van der Waals surface area contributed by atoms with Crippen LogP contribution in [-0.4, -0.2) is 19.1 Å². The van der Waals surface area contributed by atoms with Crippen LogP contribution in [-0.2, 0) is 17.6 Å². The van der Waals surface area contributed by atoms with Gasteiger partial charge in [-0.25, -0.2) is 0 Å². The maximum absolute atomic E-state index is 11.2. The van der Waals surface area contributed by atoms with Crippen LogP contribution in [0.15, 0.2) is 54.6 Å². The molecule has 1 unspecified atom stereocenters. The minimum Gasteiger partial charge on any atom is -0.494 e. The van der Waals surface area contributed by atoms with E-state index >= 15 is 0 Å². The lowest BCUT2D eigenvalue weighted by atomic mass is 9.99. The summed E-state index contributed by atoms with van der Waals surface area (Å²) in [6, 6.07) is 18.1. The Morgan fingerprint density at radius 2 is 1.70 bits per heavy atom. The molecule has 0 saturated heterocycles. The zero-order valence-corrected chi connectivity index (χ0v) is 13.3. The highest BCUT2D eigenvalue weighted by Crippen LogP contribution is 2.15. The number of hydrogen-bond donors (Lipinski definition) is 2. The van der Waals surface area contributed by atoms with E-state index in [4.69, 9.17) is 16.2 Å². The number of ether oxygens (including phenoxy) is 1. The molecule has 1 atom stereocenters. The van der Waals surface area contributed by atoms with E-state index in [-0.39, 0.29) is 18.4 Å². The van der Waals surface area contributed by atoms with E-state index in [2.05, 4.69) is 24.3 Å². The van der Waals surface area contributed by atoms with Crippen LogP contribution in [0.25, 0.3) is 0 Å². The molecule has 0 aliphatic carbocycles. The second-order valence-electron chi connectivity index (χ2n) is 5.62. The van der Waals surface area contributed by atoms with E-state index in [1.54, 1.807) is 0 Å². The number of carbonyl (C=O) groups is 1. The molecule has 4 N–H and O–H groups in total. The van der Waals surface area contributed by atoms with Gasteiger partial charge in [0.25, 0.3) is 0 Å². The second-order valence-corrected chi connectivity index (χ2v) is 5.62. The van der Waals surface area contributed by atoms with Gasteiger partial charge in [-0.1, -0.05) is 42.5 Å². The summed E-state index contributed by atoms with van der Waals surface area (Å²) in [7, 11) is 0. The molecular formula is C19H24N2O2. The predicted molar refractivity (Wildman–Crippen MR) is 92.1 cm³/mol. The molecule has 4 nitrogen and oxygen atoms in total. The molecule has 2 aromatic carbocycles. The second kappa shape index (κ2) is 8.96. The molecule has 23 heavy (non-hydrogen) atoms. The van der Waals surface area contributed by atoms with E-state index in [0.29, 0.717) is 13.0 Å². The van der Waals surface area contributed by atoms with Gasteiger partial charge < -0.3 is 16.2 Å². The highest BCUT2D eigenvalue weighted by atomic mass is 16.5. The Morgan fingerprint density at radius 1 is 1.00 bits per heavy atom. The molecule has 0 radical (unpaired) electrons. The number of amides is 1. The quantitative estimate of drug-likeness (QED) is 0.697. The first-order valence-electron chi connectivity index (χ1n) is 7.94. The summed E-state index contributed by atoms with van der Waals surface area (Å²) in [4.78, 5) is 11.2. The van der Waals surface area contributed by atoms with Crippen LogP contribution in [0.2, 0.25) is 0 Å². The van der Waals surface area contributed by atoms with Crippen LogP contribution in [0.5, 0.6) is 5.75 Å². The Labute approximate surface area is 137 Å². The van der Waals surface area contributed by atoms with Gasteiger partial charge in [0, 0.05) is 6.54 Å². The molecule has 2 aromatic rings. The first-order valence-corrected chi connectivity index (χ1v) is 7.94. The normalized spacial score (nSPS) is 11.9. The third-order valence-corrected chi connectivity index (χ3v) is 3.81. The standard InChI is InChI=1S/C19H24N2O2/c20-14-17(19(21)22)13-16-8-10-18(11-9-16)23-12-4-7-15-5-2-1-3-6-15/h1-3,5-6,8-11,17H,4,7,12-14,20H2,(H2,21,22). The van der Waals surface area contributed by atoms with E-state index < -0.39 is 0 Å². The lowest BCUT2D eigenvalue weighted by Crippen LogP contribution is -2.31. The van der Waals surface area contributed by atoms with Crippen LogP contribution >= 0.6 is 0 Å². The summed E-state index contributed by atoms with van der Waals surface area (Å²) in [5.41, 5.74) is 13.2. The summed E-state index contributed by atoms with van der Waals surface area (Å²) in [6.07, 6.45) is 2.55. The maximum Gasteiger partial charge on any atom is 0.222 e. The molecule has 122 valence electrons. The Morgan fingerprint density at radius 3 is 2.30 bits per heavy atom. The van der Waals surface area contributed by atoms with Crippen molar-refractivity contribution in [3.05, 3.63) is 65.7 Å². The van der Waals surface area contributed by atoms with Gasteiger partial charge in [-0.2, -0.15) is 0 Å². The van der Waals surface area contributed by atoms with Gasteiger partial charge in [-0.3, -0.25) is 4.79 Å². The van der Waals surface area contributed by atoms with E-state index in [9.17, 15) is 4.79 Å². The summed E-state index contributed by atoms with van der Waals surface area (Å²) in [5.74, 6) is 0.173. The summed E-state index contributed by atoms with van der Waals surface area (Å²) >= 11 is 0. The van der Waals surface area contributed by atoms with E-state index in [1.807, 2.05) is 30.3 Å². The van der Waals surface area contributed by atoms with Crippen LogP contribution in [0.4, 0.5) is 0 Å². The summed E-state index contributed by atoms with van der Waals surface area (Å²) in [6.45, 7) is 0.952. The fraction of sp³-hybridized carbons (Fsp3) is 0.316. The largest absolute Gasteiger partial charge is 0.494 e. The zero-order valence-electron chi connectivity index (χ0n) is 13.3. The van der Waals surface area contributed by atoms with Gasteiger partial charge in [0.05, 0.1) is 12.5 Å². The van der Waals surface area contributed by atoms with Crippen molar-refractivity contribution < 1.29 is 9.53 Å². The molecule has 0 fully saturated rings. The van der Waals surface area contributed by atoms with Gasteiger partial charge in [0.15, 0.2) is 0 Å². The Hall–Kier alpha value is -2.33. The summed E-state index contributed by atoms with van der Waals surface area (Å²) < 4.78 is 5.75. The lowest BCUT2D eigenvalue weighted by molar-refractivity contribution is -0.121. The molecule has 0 bridgehead atoms. The molecule has 4 heteroatoms.